The van der Waals surface area contributed by atoms with Gasteiger partial charge in [0.05, 0.1) is 109 Å². The van der Waals surface area contributed by atoms with Crippen LogP contribution in [0.3, 0.4) is 0 Å². The van der Waals surface area contributed by atoms with Gasteiger partial charge in [-0.2, -0.15) is 0 Å². The highest BCUT2D eigenvalue weighted by Gasteiger charge is 2.53. The van der Waals surface area contributed by atoms with Crippen molar-refractivity contribution in [2.24, 2.45) is 34.5 Å². The average molecular weight is 1960 g/mol. The van der Waals surface area contributed by atoms with Gasteiger partial charge in [-0.05, 0) is 274 Å². The van der Waals surface area contributed by atoms with Crippen LogP contribution in [0.2, 0.25) is 0 Å². The molecule has 0 unspecified atom stereocenters. The smallest absolute Gasteiger partial charge is 0.453 e. The van der Waals surface area contributed by atoms with E-state index in [4.69, 9.17) is 43.5 Å². The van der Waals surface area contributed by atoms with Gasteiger partial charge in [0.25, 0.3) is 11.1 Å². The van der Waals surface area contributed by atoms with Gasteiger partial charge in [0.2, 0.25) is 23.6 Å². The van der Waals surface area contributed by atoms with Crippen LogP contribution in [-0.4, -0.2) is 205 Å². The predicted octanol–water partition coefficient (Wildman–Crippen LogP) is 17.4. The number of ether oxygens (including phenoxy) is 4. The molecule has 2 spiro atoms. The maximum Gasteiger partial charge on any atom is 0.494 e. The minimum absolute atomic E-state index is 0.0630. The highest BCUT2D eigenvalue weighted by atomic mass is 16.7. The van der Waals surface area contributed by atoms with Crippen molar-refractivity contribution in [1.82, 2.24) is 80.7 Å². The van der Waals surface area contributed by atoms with E-state index in [1.54, 1.807) is 33.1 Å². The molecule has 8 atom stereocenters. The molecule has 10 aromatic rings. The van der Waals surface area contributed by atoms with Gasteiger partial charge in [-0.15, -0.1) is 0 Å². The number of aromatic amines is 4. The summed E-state index contributed by atoms with van der Waals surface area (Å²) in [6.07, 6.45) is 22.2. The number of rotatable bonds is 22. The Kier molecular flexibility index (Phi) is 30.1. The van der Waals surface area contributed by atoms with E-state index >= 15 is 0 Å². The summed E-state index contributed by atoms with van der Waals surface area (Å²) >= 11 is 0. The zero-order chi connectivity index (χ0) is 102. The molecule has 9 heterocycles. The van der Waals surface area contributed by atoms with Crippen LogP contribution in [0.5, 0.6) is 0 Å². The maximum absolute atomic E-state index is 13.9. The minimum atomic E-state index is -0.771. The molecule has 19 rings (SSSR count). The first-order valence-corrected chi connectivity index (χ1v) is 51.5. The Labute approximate surface area is 841 Å². The molecule has 0 radical (unpaired) electrons. The van der Waals surface area contributed by atoms with Crippen molar-refractivity contribution >= 4 is 82.4 Å². The summed E-state index contributed by atoms with van der Waals surface area (Å²) < 4.78 is 31.3. The predicted molar refractivity (Wildman–Crippen MR) is 551 cm³/mol. The van der Waals surface area contributed by atoms with Crippen LogP contribution >= 0.6 is 0 Å². The number of alkyl carbamates (subject to hydrolysis) is 4. The molecule has 144 heavy (non-hydrogen) atoms. The fraction of sp³-hybridized carbons (Fsp3) is 0.514. The first-order valence-electron chi connectivity index (χ1n) is 51.5. The van der Waals surface area contributed by atoms with E-state index < -0.39 is 78.9 Å². The molecular weight excluding hydrogens is 1820 g/mol. The topological polar surface area (TPSA) is 402 Å². The molecule has 8 amide bonds. The number of nitrogens with one attached hydrogen (secondary N) is 8. The van der Waals surface area contributed by atoms with Crippen LogP contribution in [0.4, 0.5) is 19.2 Å². The zero-order valence-corrected chi connectivity index (χ0v) is 86.1. The standard InChI is InChI=1S/C52H62N8O7.C34H42N4O3.C25H35BN4O6/c1-29(2)43(56-50(64)66-5)48(62)59-23-9-11-41(59)45-53-28-40(55-45)32-15-13-31(14-16-32)34-18-19-35(38-27-52(26-37(34)38)21-7-8-22-52)33-17-20-39-36(25-33)47(61)58-46(54-39)42-12-10-24-60(42)49(63)44(30(3)4)57-51(65)67-6;1-21(2)30(37-33(40)41-4)32(39)38-17-7-8-29(38)31-35-20-28(36-31)24-12-10-23(11-13-24)25-14-9-22(3)26-18-34(19-27(25)26)15-5-6-16-34;1-14(2)19(28-23(33)34-7)22(32)30-12-8-9-18(30)20-27-17-11-10-15(13-16(17)21(31)29-20)26-35-24(3,4)25(5,6)36-26/h13-20,25,28-30,41-44H,7-12,21-24,26-27H2,1-6H3,(H,53,55)(H,56,64)(H,57,65)(H,54,58,61);9-14,20-21,29-30H,5-8,15-19H2,1-4H3,(H,35,36)(H,37,40);10-11,13-14,18-19H,8-9,12H2,1-7H3,(H,28,33)(H,27,29,31)/t41-,42-,43-,44-;29-,30-;18-,19-/m000/s1. The summed E-state index contributed by atoms with van der Waals surface area (Å²) in [6, 6.07) is 33.8. The molecule has 9 aliphatic rings. The molecule has 762 valence electrons. The monoisotopic (exact) mass is 1960 g/mol. The molecule has 33 heteroatoms. The van der Waals surface area contributed by atoms with Crippen molar-refractivity contribution in [3.05, 3.63) is 193 Å². The fourth-order valence-corrected chi connectivity index (χ4v) is 23.4. The number of imidazole rings is 2. The number of likely N-dealkylation sites (tertiary alicyclic amines) is 4. The molecule has 4 aromatic heterocycles. The number of aromatic nitrogens is 8. The normalized spacial score (nSPS) is 20.2. The number of aryl methyl sites for hydroxylation is 1. The third-order valence-corrected chi connectivity index (χ3v) is 32.1. The van der Waals surface area contributed by atoms with E-state index in [0.717, 1.165) is 108 Å². The lowest BCUT2D eigenvalue weighted by molar-refractivity contribution is -0.136. The number of hydrogen-bond donors (Lipinski definition) is 8. The number of amides is 8. The molecule has 5 aliphatic heterocycles. The Hall–Kier alpha value is -13.0. The van der Waals surface area contributed by atoms with E-state index in [0.29, 0.717) is 77.9 Å². The molecule has 5 saturated heterocycles. The van der Waals surface area contributed by atoms with E-state index in [1.165, 1.54) is 126 Å². The largest absolute Gasteiger partial charge is 0.494 e. The lowest BCUT2D eigenvalue weighted by Gasteiger charge is -2.32. The first kappa shape index (κ1) is 102. The third-order valence-electron chi connectivity index (χ3n) is 32.1. The van der Waals surface area contributed by atoms with Crippen LogP contribution in [0.1, 0.15) is 261 Å². The maximum atomic E-state index is 13.9. The van der Waals surface area contributed by atoms with Gasteiger partial charge in [-0.25, -0.2) is 39.1 Å². The Morgan fingerprint density at radius 3 is 1.04 bits per heavy atom. The second kappa shape index (κ2) is 42.3. The van der Waals surface area contributed by atoms with Crippen molar-refractivity contribution < 1.29 is 66.6 Å². The molecule has 8 N–H and O–H groups in total. The number of nitrogens with zero attached hydrogens (tertiary/aromatic N) is 8. The second-order valence-electron chi connectivity index (χ2n) is 43.3. The van der Waals surface area contributed by atoms with Gasteiger partial charge < -0.3 is 89.1 Å². The van der Waals surface area contributed by atoms with Gasteiger partial charge in [0, 0.05) is 26.2 Å². The summed E-state index contributed by atoms with van der Waals surface area (Å²) in [6.45, 7) is 27.6. The number of methoxy groups -OCH3 is 4. The molecule has 32 nitrogen and oxygen atoms in total. The molecular formula is C111H139BN16O16. The van der Waals surface area contributed by atoms with Crippen molar-refractivity contribution in [3.63, 3.8) is 0 Å². The number of H-pyrrole nitrogens is 4. The van der Waals surface area contributed by atoms with Crippen LogP contribution in [0.15, 0.2) is 131 Å². The molecule has 4 aliphatic carbocycles. The number of fused-ring (bicyclic) bond motifs is 4. The van der Waals surface area contributed by atoms with E-state index in [1.807, 2.05) is 123 Å². The number of hydrogen-bond acceptors (Lipinski definition) is 20. The summed E-state index contributed by atoms with van der Waals surface area (Å²) in [5.41, 5.74) is 19.4. The van der Waals surface area contributed by atoms with Crippen LogP contribution < -0.4 is 37.8 Å². The highest BCUT2D eigenvalue weighted by Crippen LogP contribution is 2.55. The first-order chi connectivity index (χ1) is 68.9. The second-order valence-corrected chi connectivity index (χ2v) is 43.3. The third kappa shape index (κ3) is 20.9. The molecule has 6 aromatic carbocycles. The Morgan fingerprint density at radius 1 is 0.382 bits per heavy atom. The Balaban J connectivity index is 0.000000158. The van der Waals surface area contributed by atoms with Gasteiger partial charge in [-0.1, -0.05) is 166 Å². The lowest BCUT2D eigenvalue weighted by Crippen LogP contribution is -2.51. The van der Waals surface area contributed by atoms with Gasteiger partial charge >= 0.3 is 31.5 Å². The SMILES string of the molecule is COC(=O)N[C@H](C(=O)N1CCC[C@H]1c1nc2ccc(B3OC(C)(C)C(C)(C)O3)cc2c(=O)[nH]1)C(C)C.COC(=O)N[C@H](C(=O)N1CCC[C@H]1c1ncc(-c2ccc(-c3ccc(-c4ccc5nc([C@@H]6CCCN6C(=O)[C@@H](NC(=O)OC)C(C)C)[nH]c(=O)c5c4)c4c3CC3(CCCC3)C4)cc2)[nH]1)C(C)C.COC(=O)N[C@H](C(=O)N1CCC[C@H]1c1ncc(-c2ccc(-c3ccc(C)c4c3CC3(CCCC3)C4)cc2)[nH]1)C(C)C. The van der Waals surface area contributed by atoms with Crippen molar-refractivity contribution in [1.29, 1.82) is 0 Å². The van der Waals surface area contributed by atoms with Crippen LogP contribution in [-0.2, 0) is 73.1 Å². The van der Waals surface area contributed by atoms with Crippen molar-refractivity contribution in [3.8, 4) is 55.9 Å². The van der Waals surface area contributed by atoms with E-state index in [9.17, 15) is 47.9 Å². The number of carbonyl (C=O) groups excluding carboxylic acids is 8. The van der Waals surface area contributed by atoms with Crippen molar-refractivity contribution in [2.45, 2.75) is 278 Å². The summed E-state index contributed by atoms with van der Waals surface area (Å²) in [5, 5.41) is 11.7. The summed E-state index contributed by atoms with van der Waals surface area (Å²) in [5.74, 6) is 1.21. The molecule has 7 fully saturated rings. The quantitative estimate of drug-likeness (QED) is 0.0231. The average Bonchev–Trinajstić information content (AvgIpc) is 1.57. The zero-order valence-electron chi connectivity index (χ0n) is 86.1. The molecule has 2 saturated carbocycles. The van der Waals surface area contributed by atoms with Crippen LogP contribution in [0, 0.1) is 41.4 Å². The summed E-state index contributed by atoms with van der Waals surface area (Å²) in [4.78, 5) is 168. The van der Waals surface area contributed by atoms with Crippen LogP contribution in [0.25, 0.3) is 77.7 Å². The summed E-state index contributed by atoms with van der Waals surface area (Å²) in [7, 11) is 4.56. The van der Waals surface area contributed by atoms with Crippen molar-refractivity contribution in [2.75, 3.05) is 54.6 Å². The Morgan fingerprint density at radius 2 is 0.688 bits per heavy atom. The fourth-order valence-electron chi connectivity index (χ4n) is 23.4. The number of benzene rings is 6. The van der Waals surface area contributed by atoms with Gasteiger partial charge in [0.1, 0.15) is 47.5 Å². The minimum Gasteiger partial charge on any atom is -0.453 e. The molecule has 0 bridgehead atoms. The van der Waals surface area contributed by atoms with E-state index in [-0.39, 0.29) is 75.9 Å². The lowest BCUT2D eigenvalue weighted by atomic mass is 9.78. The number of carbonyl (C=O) groups is 8. The van der Waals surface area contributed by atoms with Gasteiger partial charge in [0.15, 0.2) is 0 Å². The Bertz CT molecular complexity index is 6590. The highest BCUT2D eigenvalue weighted by molar-refractivity contribution is 6.62. The van der Waals surface area contributed by atoms with E-state index in [2.05, 4.69) is 132 Å². The van der Waals surface area contributed by atoms with Gasteiger partial charge in [-0.3, -0.25) is 28.8 Å².